The molecule has 0 saturated carbocycles. The van der Waals surface area contributed by atoms with Gasteiger partial charge in [0.2, 0.25) is 0 Å². The van der Waals surface area contributed by atoms with E-state index in [1.54, 1.807) is 13.2 Å². The molecule has 0 aliphatic heterocycles. The molecule has 2 rings (SSSR count). The SMILES string of the molecule is COc1cc(Cl)nc2cc(C)ccc12. The number of ether oxygens (including phenoxy) is 1. The van der Waals surface area contributed by atoms with Crippen molar-refractivity contribution in [3.63, 3.8) is 0 Å². The van der Waals surface area contributed by atoms with Gasteiger partial charge in [-0.2, -0.15) is 0 Å². The molecule has 2 aromatic rings. The number of nitrogens with zero attached hydrogens (tertiary/aromatic N) is 1. The number of fused-ring (bicyclic) bond motifs is 1. The van der Waals surface area contributed by atoms with E-state index in [1.165, 1.54) is 0 Å². The van der Waals surface area contributed by atoms with Crippen LogP contribution in [-0.4, -0.2) is 12.1 Å². The quantitative estimate of drug-likeness (QED) is 0.670. The maximum Gasteiger partial charge on any atom is 0.133 e. The zero-order valence-electron chi connectivity index (χ0n) is 8.04. The molecule has 0 saturated heterocycles. The standard InChI is InChI=1S/C11H10ClNO/c1-7-3-4-8-9(5-7)13-11(12)6-10(8)14-2/h3-6H,1-2H3. The van der Waals surface area contributed by atoms with Gasteiger partial charge in [-0.25, -0.2) is 4.98 Å². The fraction of sp³-hybridized carbons (Fsp3) is 0.182. The average Bonchev–Trinajstić information content (AvgIpc) is 2.15. The predicted octanol–water partition coefficient (Wildman–Crippen LogP) is 3.21. The Morgan fingerprint density at radius 2 is 2.07 bits per heavy atom. The summed E-state index contributed by atoms with van der Waals surface area (Å²) in [5.74, 6) is 0.764. The zero-order valence-corrected chi connectivity index (χ0v) is 8.80. The van der Waals surface area contributed by atoms with Gasteiger partial charge in [-0.15, -0.1) is 0 Å². The molecule has 0 spiro atoms. The Hall–Kier alpha value is -1.28. The van der Waals surface area contributed by atoms with Gasteiger partial charge in [0.05, 0.1) is 12.6 Å². The number of rotatable bonds is 1. The van der Waals surface area contributed by atoms with Gasteiger partial charge in [-0.05, 0) is 24.6 Å². The van der Waals surface area contributed by atoms with Crippen molar-refractivity contribution in [3.05, 3.63) is 35.0 Å². The summed E-state index contributed by atoms with van der Waals surface area (Å²) in [7, 11) is 1.63. The number of aryl methyl sites for hydroxylation is 1. The van der Waals surface area contributed by atoms with Gasteiger partial charge in [-0.3, -0.25) is 0 Å². The first-order valence-corrected chi connectivity index (χ1v) is 4.69. The highest BCUT2D eigenvalue weighted by Gasteiger charge is 2.04. The molecule has 0 N–H and O–H groups in total. The van der Waals surface area contributed by atoms with Crippen LogP contribution in [0.15, 0.2) is 24.3 Å². The van der Waals surface area contributed by atoms with E-state index < -0.39 is 0 Å². The van der Waals surface area contributed by atoms with E-state index in [0.29, 0.717) is 5.15 Å². The molecule has 0 aliphatic rings. The summed E-state index contributed by atoms with van der Waals surface area (Å²) >= 11 is 5.86. The minimum absolute atomic E-state index is 0.458. The number of benzene rings is 1. The van der Waals surface area contributed by atoms with E-state index in [0.717, 1.165) is 22.2 Å². The topological polar surface area (TPSA) is 22.1 Å². The van der Waals surface area contributed by atoms with Crippen LogP contribution in [0.2, 0.25) is 5.15 Å². The fourth-order valence-corrected chi connectivity index (χ4v) is 1.63. The highest BCUT2D eigenvalue weighted by Crippen LogP contribution is 2.27. The van der Waals surface area contributed by atoms with E-state index in [4.69, 9.17) is 16.3 Å². The van der Waals surface area contributed by atoms with Crippen LogP contribution in [0.4, 0.5) is 0 Å². The first-order chi connectivity index (χ1) is 6.70. The van der Waals surface area contributed by atoms with Gasteiger partial charge < -0.3 is 4.74 Å². The minimum atomic E-state index is 0.458. The first-order valence-electron chi connectivity index (χ1n) is 4.31. The Balaban J connectivity index is 2.81. The van der Waals surface area contributed by atoms with Crippen molar-refractivity contribution in [2.75, 3.05) is 7.11 Å². The number of aromatic nitrogens is 1. The van der Waals surface area contributed by atoms with Gasteiger partial charge >= 0.3 is 0 Å². The van der Waals surface area contributed by atoms with Gasteiger partial charge in [0.25, 0.3) is 0 Å². The highest BCUT2D eigenvalue weighted by molar-refractivity contribution is 6.30. The van der Waals surface area contributed by atoms with Crippen LogP contribution >= 0.6 is 11.6 Å². The molecule has 0 bridgehead atoms. The summed E-state index contributed by atoms with van der Waals surface area (Å²) in [4.78, 5) is 4.23. The van der Waals surface area contributed by atoms with Crippen molar-refractivity contribution in [3.8, 4) is 5.75 Å². The number of halogens is 1. The van der Waals surface area contributed by atoms with Crippen molar-refractivity contribution in [2.45, 2.75) is 6.92 Å². The molecule has 0 amide bonds. The Bertz CT molecular complexity index is 477. The van der Waals surface area contributed by atoms with E-state index >= 15 is 0 Å². The molecule has 0 fully saturated rings. The molecule has 1 aromatic heterocycles. The molecule has 0 radical (unpaired) electrons. The number of hydrogen-bond acceptors (Lipinski definition) is 2. The van der Waals surface area contributed by atoms with Crippen molar-refractivity contribution >= 4 is 22.5 Å². The molecule has 0 aliphatic carbocycles. The van der Waals surface area contributed by atoms with Gasteiger partial charge in [0.1, 0.15) is 10.9 Å². The van der Waals surface area contributed by atoms with Crippen molar-refractivity contribution < 1.29 is 4.74 Å². The normalized spacial score (nSPS) is 10.5. The summed E-state index contributed by atoms with van der Waals surface area (Å²) in [6.07, 6.45) is 0. The summed E-state index contributed by atoms with van der Waals surface area (Å²) in [5, 5.41) is 1.45. The van der Waals surface area contributed by atoms with Crippen LogP contribution in [-0.2, 0) is 0 Å². The summed E-state index contributed by atoms with van der Waals surface area (Å²) in [6, 6.07) is 7.73. The van der Waals surface area contributed by atoms with Crippen LogP contribution in [0.3, 0.4) is 0 Å². The third-order valence-corrected chi connectivity index (χ3v) is 2.31. The maximum atomic E-state index is 5.86. The second-order valence-corrected chi connectivity index (χ2v) is 3.56. The summed E-state index contributed by atoms with van der Waals surface area (Å²) in [5.41, 5.74) is 2.03. The molecule has 0 atom stereocenters. The Morgan fingerprint density at radius 1 is 1.29 bits per heavy atom. The molecule has 14 heavy (non-hydrogen) atoms. The molecular formula is C11H10ClNO. The van der Waals surface area contributed by atoms with Crippen LogP contribution in [0, 0.1) is 6.92 Å². The van der Waals surface area contributed by atoms with Crippen LogP contribution in [0.1, 0.15) is 5.56 Å². The Kier molecular flexibility index (Phi) is 2.30. The predicted molar refractivity (Wildman–Crippen MR) is 58.0 cm³/mol. The Labute approximate surface area is 87.5 Å². The molecule has 3 heteroatoms. The van der Waals surface area contributed by atoms with Crippen molar-refractivity contribution in [1.29, 1.82) is 0 Å². The lowest BCUT2D eigenvalue weighted by Gasteiger charge is -2.05. The van der Waals surface area contributed by atoms with E-state index in [9.17, 15) is 0 Å². The smallest absolute Gasteiger partial charge is 0.133 e. The van der Waals surface area contributed by atoms with Crippen molar-refractivity contribution in [2.24, 2.45) is 0 Å². The van der Waals surface area contributed by atoms with E-state index in [1.807, 2.05) is 25.1 Å². The average molecular weight is 208 g/mol. The van der Waals surface area contributed by atoms with E-state index in [-0.39, 0.29) is 0 Å². The van der Waals surface area contributed by atoms with Gasteiger partial charge in [-0.1, -0.05) is 17.7 Å². The molecular weight excluding hydrogens is 198 g/mol. The van der Waals surface area contributed by atoms with Gasteiger partial charge in [0.15, 0.2) is 0 Å². The van der Waals surface area contributed by atoms with Crippen LogP contribution in [0.5, 0.6) is 5.75 Å². The van der Waals surface area contributed by atoms with E-state index in [2.05, 4.69) is 4.98 Å². The molecule has 72 valence electrons. The van der Waals surface area contributed by atoms with Crippen LogP contribution < -0.4 is 4.74 Å². The van der Waals surface area contributed by atoms with Gasteiger partial charge in [0, 0.05) is 11.5 Å². The minimum Gasteiger partial charge on any atom is -0.496 e. The largest absolute Gasteiger partial charge is 0.496 e. The maximum absolute atomic E-state index is 5.86. The zero-order chi connectivity index (χ0) is 10.1. The lowest BCUT2D eigenvalue weighted by Crippen LogP contribution is -1.88. The second kappa shape index (κ2) is 3.46. The lowest BCUT2D eigenvalue weighted by atomic mass is 10.1. The fourth-order valence-electron chi connectivity index (χ4n) is 1.44. The summed E-state index contributed by atoms with van der Waals surface area (Å²) in [6.45, 7) is 2.02. The molecule has 1 heterocycles. The highest BCUT2D eigenvalue weighted by atomic mass is 35.5. The third kappa shape index (κ3) is 1.53. The Morgan fingerprint density at radius 3 is 2.79 bits per heavy atom. The monoisotopic (exact) mass is 207 g/mol. The molecule has 0 unspecified atom stereocenters. The first kappa shape index (κ1) is 9.28. The third-order valence-electron chi connectivity index (χ3n) is 2.12. The molecule has 2 nitrogen and oxygen atoms in total. The number of methoxy groups -OCH3 is 1. The second-order valence-electron chi connectivity index (χ2n) is 3.17. The lowest BCUT2D eigenvalue weighted by molar-refractivity contribution is 0.419. The summed E-state index contributed by atoms with van der Waals surface area (Å²) < 4.78 is 5.22. The van der Waals surface area contributed by atoms with Crippen molar-refractivity contribution in [1.82, 2.24) is 4.98 Å². The van der Waals surface area contributed by atoms with Crippen LogP contribution in [0.25, 0.3) is 10.9 Å². The number of hydrogen-bond donors (Lipinski definition) is 0. The number of pyridine rings is 1. The molecule has 1 aromatic carbocycles.